The topological polar surface area (TPSA) is 38.3 Å². The number of ether oxygens (including phenoxy) is 1. The molecule has 2 rings (SSSR count). The number of hydrogen-bond donors (Lipinski definition) is 1. The maximum Gasteiger partial charge on any atom is 0.323 e. The normalized spacial score (nSPS) is 24.9. The average molecular weight is 281 g/mol. The van der Waals surface area contributed by atoms with Crippen LogP contribution in [0.1, 0.15) is 37.5 Å². The Balaban J connectivity index is 1.93. The Labute approximate surface area is 119 Å². The predicted molar refractivity (Wildman–Crippen MR) is 78.1 cm³/mol. The Bertz CT molecular complexity index is 383. The number of rotatable bonds is 5. The van der Waals surface area contributed by atoms with Gasteiger partial charge in [0.15, 0.2) is 0 Å². The van der Waals surface area contributed by atoms with Crippen LogP contribution in [0.2, 0.25) is 0 Å². The fourth-order valence-electron chi connectivity index (χ4n) is 2.81. The smallest absolute Gasteiger partial charge is 0.323 e. The maximum atomic E-state index is 12.0. The van der Waals surface area contributed by atoms with Gasteiger partial charge in [0.25, 0.3) is 0 Å². The van der Waals surface area contributed by atoms with Crippen LogP contribution in [-0.4, -0.2) is 19.1 Å². The number of esters is 1. The molecule has 1 fully saturated rings. The first kappa shape index (κ1) is 14.5. The minimum Gasteiger partial charge on any atom is -0.468 e. The van der Waals surface area contributed by atoms with Crippen molar-refractivity contribution in [2.75, 3.05) is 7.11 Å². The van der Waals surface area contributed by atoms with Crippen molar-refractivity contribution in [1.29, 1.82) is 0 Å². The molecule has 1 aliphatic rings. The third kappa shape index (κ3) is 4.05. The molecule has 0 amide bonds. The van der Waals surface area contributed by atoms with E-state index in [1.165, 1.54) is 24.8 Å². The molecule has 0 aromatic carbocycles. The summed E-state index contributed by atoms with van der Waals surface area (Å²) in [7, 11) is 1.48. The summed E-state index contributed by atoms with van der Waals surface area (Å²) in [5.41, 5.74) is 0. The average Bonchev–Trinajstić information content (AvgIpc) is 2.93. The highest BCUT2D eigenvalue weighted by Gasteiger charge is 2.31. The van der Waals surface area contributed by atoms with Crippen LogP contribution in [0.4, 0.5) is 0 Å². The summed E-state index contributed by atoms with van der Waals surface area (Å²) in [6, 6.07) is 3.98. The number of nitrogens with one attached hydrogen (secondary N) is 1. The van der Waals surface area contributed by atoms with Crippen molar-refractivity contribution in [1.82, 2.24) is 5.32 Å². The Morgan fingerprint density at radius 3 is 2.79 bits per heavy atom. The van der Waals surface area contributed by atoms with Gasteiger partial charge in [-0.1, -0.05) is 25.8 Å². The molecule has 1 heterocycles. The van der Waals surface area contributed by atoms with Gasteiger partial charge < -0.3 is 4.74 Å². The summed E-state index contributed by atoms with van der Waals surface area (Å²) < 4.78 is 4.96. The molecule has 1 N–H and O–H groups in total. The minimum atomic E-state index is -0.153. The lowest BCUT2D eigenvalue weighted by Gasteiger charge is -2.31. The van der Waals surface area contributed by atoms with Crippen LogP contribution in [0.25, 0.3) is 0 Å². The lowest BCUT2D eigenvalue weighted by molar-refractivity contribution is -0.145. The second-order valence-corrected chi connectivity index (χ2v) is 6.51. The summed E-state index contributed by atoms with van der Waals surface area (Å²) in [6.07, 6.45) is 4.69. The Kier molecular flexibility index (Phi) is 5.40. The molecule has 1 aliphatic carbocycles. The number of carbonyl (C=O) groups is 1. The van der Waals surface area contributed by atoms with E-state index in [1.54, 1.807) is 11.3 Å². The number of hydrogen-bond acceptors (Lipinski definition) is 4. The summed E-state index contributed by atoms with van der Waals surface area (Å²) >= 11 is 1.72. The third-order valence-corrected chi connectivity index (χ3v) is 4.94. The molecule has 0 aliphatic heterocycles. The first-order valence-corrected chi connectivity index (χ1v) is 7.92. The van der Waals surface area contributed by atoms with Gasteiger partial charge in [0.1, 0.15) is 6.04 Å². The Hall–Kier alpha value is -0.870. The first-order chi connectivity index (χ1) is 9.20. The van der Waals surface area contributed by atoms with E-state index in [1.807, 2.05) is 6.07 Å². The van der Waals surface area contributed by atoms with E-state index in [0.29, 0.717) is 5.92 Å². The van der Waals surface area contributed by atoms with Crippen molar-refractivity contribution in [3.05, 3.63) is 22.4 Å². The van der Waals surface area contributed by atoms with E-state index >= 15 is 0 Å². The molecular weight excluding hydrogens is 258 g/mol. The van der Waals surface area contributed by atoms with E-state index < -0.39 is 0 Å². The third-order valence-electron chi connectivity index (χ3n) is 4.06. The molecule has 1 unspecified atom stereocenters. The summed E-state index contributed by atoms with van der Waals surface area (Å²) in [6.45, 7) is 3.05. The highest BCUT2D eigenvalue weighted by Crippen LogP contribution is 2.31. The van der Waals surface area contributed by atoms with Gasteiger partial charge in [0, 0.05) is 11.4 Å². The van der Waals surface area contributed by atoms with Gasteiger partial charge in [0.05, 0.1) is 7.11 Å². The highest BCUT2D eigenvalue weighted by atomic mass is 32.1. The zero-order valence-corrected chi connectivity index (χ0v) is 12.5. The number of methoxy groups -OCH3 is 1. The lowest BCUT2D eigenvalue weighted by Crippen LogP contribution is -2.44. The standard InChI is InChI=1S/C15H23NO2S/c1-11-5-7-12(8-6-11)14(15(17)18-2)16-10-13-4-3-9-19-13/h3-4,9,11-12,14,16H,5-8,10H2,1-2H3. The van der Waals surface area contributed by atoms with Gasteiger partial charge in [0.2, 0.25) is 0 Å². The molecule has 0 bridgehead atoms. The Morgan fingerprint density at radius 2 is 2.21 bits per heavy atom. The molecule has 0 radical (unpaired) electrons. The minimum absolute atomic E-state index is 0.115. The van der Waals surface area contributed by atoms with Crippen LogP contribution < -0.4 is 5.32 Å². The molecular formula is C15H23NO2S. The van der Waals surface area contributed by atoms with Crippen molar-refractivity contribution in [2.24, 2.45) is 11.8 Å². The molecule has 1 aromatic rings. The van der Waals surface area contributed by atoms with Crippen LogP contribution in [0.5, 0.6) is 0 Å². The van der Waals surface area contributed by atoms with Crippen molar-refractivity contribution >= 4 is 17.3 Å². The van der Waals surface area contributed by atoms with Gasteiger partial charge in [-0.05, 0) is 36.1 Å². The lowest BCUT2D eigenvalue weighted by atomic mass is 9.79. The molecule has 3 nitrogen and oxygen atoms in total. The van der Waals surface area contributed by atoms with Crippen molar-refractivity contribution < 1.29 is 9.53 Å². The van der Waals surface area contributed by atoms with E-state index in [9.17, 15) is 4.79 Å². The monoisotopic (exact) mass is 281 g/mol. The van der Waals surface area contributed by atoms with E-state index in [4.69, 9.17) is 4.74 Å². The molecule has 19 heavy (non-hydrogen) atoms. The van der Waals surface area contributed by atoms with Gasteiger partial charge in [-0.25, -0.2) is 0 Å². The molecule has 4 heteroatoms. The summed E-state index contributed by atoms with van der Waals surface area (Å²) in [5.74, 6) is 1.10. The first-order valence-electron chi connectivity index (χ1n) is 7.04. The van der Waals surface area contributed by atoms with E-state index in [2.05, 4.69) is 23.7 Å². The zero-order chi connectivity index (χ0) is 13.7. The fourth-order valence-corrected chi connectivity index (χ4v) is 3.47. The zero-order valence-electron chi connectivity index (χ0n) is 11.7. The SMILES string of the molecule is COC(=O)C(NCc1cccs1)C1CCC(C)CC1. The van der Waals surface area contributed by atoms with Crippen LogP contribution in [0.3, 0.4) is 0 Å². The summed E-state index contributed by atoms with van der Waals surface area (Å²) in [5, 5.41) is 5.46. The second-order valence-electron chi connectivity index (χ2n) is 5.48. The number of thiophene rings is 1. The van der Waals surface area contributed by atoms with Crippen molar-refractivity contribution in [3.8, 4) is 0 Å². The van der Waals surface area contributed by atoms with Gasteiger partial charge in [-0.2, -0.15) is 0 Å². The quantitative estimate of drug-likeness (QED) is 0.842. The van der Waals surface area contributed by atoms with Crippen LogP contribution in [0, 0.1) is 11.8 Å². The second kappa shape index (κ2) is 7.06. The molecule has 0 saturated heterocycles. The molecule has 1 saturated carbocycles. The largest absolute Gasteiger partial charge is 0.468 e. The molecule has 106 valence electrons. The van der Waals surface area contributed by atoms with Crippen molar-refractivity contribution in [2.45, 2.75) is 45.2 Å². The van der Waals surface area contributed by atoms with Crippen LogP contribution in [-0.2, 0) is 16.1 Å². The Morgan fingerprint density at radius 1 is 1.47 bits per heavy atom. The van der Waals surface area contributed by atoms with Crippen LogP contribution >= 0.6 is 11.3 Å². The molecule has 1 aromatic heterocycles. The molecule has 0 spiro atoms. The summed E-state index contributed by atoms with van der Waals surface area (Å²) in [4.78, 5) is 13.2. The predicted octanol–water partition coefficient (Wildman–Crippen LogP) is 3.21. The molecule has 1 atom stereocenters. The maximum absolute atomic E-state index is 12.0. The number of carbonyl (C=O) groups excluding carboxylic acids is 1. The van der Waals surface area contributed by atoms with Crippen molar-refractivity contribution in [3.63, 3.8) is 0 Å². The van der Waals surface area contributed by atoms with Gasteiger partial charge >= 0.3 is 5.97 Å². The van der Waals surface area contributed by atoms with Crippen LogP contribution in [0.15, 0.2) is 17.5 Å². The van der Waals surface area contributed by atoms with E-state index in [0.717, 1.165) is 25.3 Å². The van der Waals surface area contributed by atoms with E-state index in [-0.39, 0.29) is 12.0 Å². The fraction of sp³-hybridized carbons (Fsp3) is 0.667. The van der Waals surface area contributed by atoms with Gasteiger partial charge in [-0.3, -0.25) is 10.1 Å². The van der Waals surface area contributed by atoms with Gasteiger partial charge in [-0.15, -0.1) is 11.3 Å². The highest BCUT2D eigenvalue weighted by molar-refractivity contribution is 7.09.